The molecule has 0 saturated carbocycles. The summed E-state index contributed by atoms with van der Waals surface area (Å²) in [6, 6.07) is 9.15. The van der Waals surface area contributed by atoms with Crippen LogP contribution >= 0.6 is 11.8 Å². The van der Waals surface area contributed by atoms with Crippen LogP contribution in [0, 0.1) is 0 Å². The number of nitrogens with one attached hydrogen (secondary N) is 2. The van der Waals surface area contributed by atoms with Crippen molar-refractivity contribution in [3.8, 4) is 0 Å². The standard InChI is InChI=1S/C21H31N7OS/c1-22-21(24-17-5-8-20-25-19(15-29-2)26-28(20)14-17)23-13-16-3-6-18(7-4-16)27-9-11-30-12-10-27/h3-4,6-7,17H,5,8-15H2,1-2H3,(H2,22,23,24). The monoisotopic (exact) mass is 429 g/mol. The Balaban J connectivity index is 1.27. The molecule has 0 radical (unpaired) electrons. The molecule has 0 spiro atoms. The number of hydrogen-bond acceptors (Lipinski definition) is 6. The Bertz CT molecular complexity index is 846. The Hall–Kier alpha value is -2.26. The van der Waals surface area contributed by atoms with Gasteiger partial charge in [-0.3, -0.25) is 4.99 Å². The van der Waals surface area contributed by atoms with Crippen LogP contribution < -0.4 is 15.5 Å². The molecule has 0 bridgehead atoms. The number of ether oxygens (including phenoxy) is 1. The van der Waals surface area contributed by atoms with Crippen molar-refractivity contribution in [3.63, 3.8) is 0 Å². The minimum absolute atomic E-state index is 0.278. The van der Waals surface area contributed by atoms with Crippen molar-refractivity contribution >= 4 is 23.4 Å². The number of fused-ring (bicyclic) bond motifs is 1. The third-order valence-corrected chi connectivity index (χ3v) is 6.45. The zero-order chi connectivity index (χ0) is 20.8. The molecule has 3 heterocycles. The Kier molecular flexibility index (Phi) is 7.11. The van der Waals surface area contributed by atoms with Crippen LogP contribution in [0.2, 0.25) is 0 Å². The second-order valence-corrected chi connectivity index (χ2v) is 8.86. The number of nitrogens with zero attached hydrogens (tertiary/aromatic N) is 5. The number of hydrogen-bond donors (Lipinski definition) is 2. The highest BCUT2D eigenvalue weighted by molar-refractivity contribution is 7.99. The van der Waals surface area contributed by atoms with E-state index in [0.717, 1.165) is 56.6 Å². The van der Waals surface area contributed by atoms with Crippen molar-refractivity contribution in [2.75, 3.05) is 43.7 Å². The first-order chi connectivity index (χ1) is 14.7. The summed E-state index contributed by atoms with van der Waals surface area (Å²) in [4.78, 5) is 11.4. The maximum atomic E-state index is 5.14. The van der Waals surface area contributed by atoms with Gasteiger partial charge in [-0.1, -0.05) is 12.1 Å². The third kappa shape index (κ3) is 5.26. The van der Waals surface area contributed by atoms with Gasteiger partial charge in [0.1, 0.15) is 12.4 Å². The second kappa shape index (κ2) is 10.2. The van der Waals surface area contributed by atoms with Gasteiger partial charge in [0.2, 0.25) is 0 Å². The van der Waals surface area contributed by atoms with Crippen LogP contribution in [0.4, 0.5) is 5.69 Å². The first-order valence-electron chi connectivity index (χ1n) is 10.6. The van der Waals surface area contributed by atoms with E-state index < -0.39 is 0 Å². The van der Waals surface area contributed by atoms with Crippen molar-refractivity contribution in [1.82, 2.24) is 25.4 Å². The van der Waals surface area contributed by atoms with Gasteiger partial charge in [-0.2, -0.15) is 16.9 Å². The fourth-order valence-corrected chi connectivity index (χ4v) is 4.79. The molecule has 162 valence electrons. The summed E-state index contributed by atoms with van der Waals surface area (Å²) in [5.74, 6) is 5.04. The molecule has 8 nitrogen and oxygen atoms in total. The molecular weight excluding hydrogens is 398 g/mol. The fourth-order valence-electron chi connectivity index (χ4n) is 3.89. The fraction of sp³-hybridized carbons (Fsp3) is 0.571. The number of guanidine groups is 1. The number of anilines is 1. The van der Waals surface area contributed by atoms with E-state index in [1.165, 1.54) is 22.8 Å². The van der Waals surface area contributed by atoms with Crippen LogP contribution in [0.3, 0.4) is 0 Å². The number of methoxy groups -OCH3 is 1. The minimum atomic E-state index is 0.278. The Morgan fingerprint density at radius 1 is 1.27 bits per heavy atom. The molecule has 1 atom stereocenters. The van der Waals surface area contributed by atoms with Gasteiger partial charge >= 0.3 is 0 Å². The highest BCUT2D eigenvalue weighted by Gasteiger charge is 2.22. The molecule has 2 aromatic rings. The summed E-state index contributed by atoms with van der Waals surface area (Å²) < 4.78 is 7.13. The third-order valence-electron chi connectivity index (χ3n) is 5.51. The summed E-state index contributed by atoms with van der Waals surface area (Å²) in [5.41, 5.74) is 2.57. The quantitative estimate of drug-likeness (QED) is 0.534. The smallest absolute Gasteiger partial charge is 0.191 e. The molecule has 4 rings (SSSR count). The van der Waals surface area contributed by atoms with Crippen LogP contribution in [0.25, 0.3) is 0 Å². The van der Waals surface area contributed by atoms with Gasteiger partial charge in [0.15, 0.2) is 11.8 Å². The summed E-state index contributed by atoms with van der Waals surface area (Å²) in [6.07, 6.45) is 1.91. The Labute approximate surface area is 182 Å². The maximum Gasteiger partial charge on any atom is 0.191 e. The lowest BCUT2D eigenvalue weighted by Crippen LogP contribution is -2.46. The van der Waals surface area contributed by atoms with Crippen molar-refractivity contribution in [2.24, 2.45) is 4.99 Å². The van der Waals surface area contributed by atoms with Crippen LogP contribution in [-0.4, -0.2) is 65.5 Å². The van der Waals surface area contributed by atoms with Crippen molar-refractivity contribution in [1.29, 1.82) is 0 Å². The average molecular weight is 430 g/mol. The lowest BCUT2D eigenvalue weighted by Gasteiger charge is -2.28. The van der Waals surface area contributed by atoms with Crippen molar-refractivity contribution in [2.45, 2.75) is 38.6 Å². The van der Waals surface area contributed by atoms with Crippen LogP contribution in [0.1, 0.15) is 23.6 Å². The molecule has 30 heavy (non-hydrogen) atoms. The van der Waals surface area contributed by atoms with E-state index in [0.29, 0.717) is 6.61 Å². The molecule has 1 aromatic carbocycles. The zero-order valence-corrected chi connectivity index (χ0v) is 18.6. The van der Waals surface area contributed by atoms with Gasteiger partial charge in [-0.15, -0.1) is 0 Å². The Morgan fingerprint density at radius 3 is 2.80 bits per heavy atom. The molecule has 1 aromatic heterocycles. The average Bonchev–Trinajstić information content (AvgIpc) is 3.19. The number of benzene rings is 1. The zero-order valence-electron chi connectivity index (χ0n) is 17.8. The molecule has 0 amide bonds. The van der Waals surface area contributed by atoms with E-state index in [2.05, 4.69) is 54.9 Å². The largest absolute Gasteiger partial charge is 0.377 e. The van der Waals surface area contributed by atoms with E-state index in [4.69, 9.17) is 4.74 Å². The van der Waals surface area contributed by atoms with Crippen LogP contribution in [0.5, 0.6) is 0 Å². The van der Waals surface area contributed by atoms with Crippen LogP contribution in [0.15, 0.2) is 29.3 Å². The van der Waals surface area contributed by atoms with E-state index in [1.807, 2.05) is 23.5 Å². The molecule has 1 unspecified atom stereocenters. The van der Waals surface area contributed by atoms with Crippen molar-refractivity contribution < 1.29 is 4.74 Å². The lowest BCUT2D eigenvalue weighted by atomic mass is 10.1. The number of aromatic nitrogens is 3. The lowest BCUT2D eigenvalue weighted by molar-refractivity contribution is 0.177. The number of aryl methyl sites for hydroxylation is 1. The minimum Gasteiger partial charge on any atom is -0.377 e. The predicted octanol–water partition coefficient (Wildman–Crippen LogP) is 1.66. The molecule has 2 aliphatic heterocycles. The van der Waals surface area contributed by atoms with Gasteiger partial charge in [0, 0.05) is 63.4 Å². The summed E-state index contributed by atoms with van der Waals surface area (Å²) >= 11 is 2.04. The molecule has 0 aliphatic carbocycles. The molecule has 2 N–H and O–H groups in total. The van der Waals surface area contributed by atoms with Crippen LogP contribution in [-0.2, 0) is 30.9 Å². The van der Waals surface area contributed by atoms with E-state index in [1.54, 1.807) is 7.11 Å². The summed E-state index contributed by atoms with van der Waals surface area (Å²) in [5, 5.41) is 11.5. The summed E-state index contributed by atoms with van der Waals surface area (Å²) in [7, 11) is 3.48. The first kappa shape index (κ1) is 21.0. The van der Waals surface area contributed by atoms with Gasteiger partial charge in [0.05, 0.1) is 6.54 Å². The molecule has 1 fully saturated rings. The number of aliphatic imine (C=N–C) groups is 1. The van der Waals surface area contributed by atoms with Gasteiger partial charge < -0.3 is 20.3 Å². The molecule has 1 saturated heterocycles. The molecular formula is C21H31N7OS. The number of rotatable bonds is 6. The molecule has 9 heteroatoms. The predicted molar refractivity (Wildman–Crippen MR) is 122 cm³/mol. The highest BCUT2D eigenvalue weighted by Crippen LogP contribution is 2.20. The topological polar surface area (TPSA) is 79.6 Å². The van der Waals surface area contributed by atoms with E-state index in [9.17, 15) is 0 Å². The van der Waals surface area contributed by atoms with E-state index >= 15 is 0 Å². The number of thioether (sulfide) groups is 1. The summed E-state index contributed by atoms with van der Waals surface area (Å²) in [6.45, 7) is 4.27. The molecule has 2 aliphatic rings. The van der Waals surface area contributed by atoms with Crippen molar-refractivity contribution in [3.05, 3.63) is 41.5 Å². The Morgan fingerprint density at radius 2 is 2.07 bits per heavy atom. The second-order valence-electron chi connectivity index (χ2n) is 7.63. The van der Waals surface area contributed by atoms with Gasteiger partial charge in [0.25, 0.3) is 0 Å². The maximum absolute atomic E-state index is 5.14. The van der Waals surface area contributed by atoms with Gasteiger partial charge in [-0.05, 0) is 24.1 Å². The SMILES string of the molecule is CN=C(NCc1ccc(N2CCSCC2)cc1)NC1CCc2nc(COC)nn2C1. The normalized spacial score (nSPS) is 19.5. The van der Waals surface area contributed by atoms with E-state index in [-0.39, 0.29) is 6.04 Å². The van der Waals surface area contributed by atoms with Gasteiger partial charge in [-0.25, -0.2) is 9.67 Å². The highest BCUT2D eigenvalue weighted by atomic mass is 32.2. The first-order valence-corrected chi connectivity index (χ1v) is 11.7.